The topological polar surface area (TPSA) is 26.0 Å². The molecule has 2 fully saturated rings. The van der Waals surface area contributed by atoms with Crippen LogP contribution >= 0.6 is 11.8 Å². The van der Waals surface area contributed by atoms with Crippen molar-refractivity contribution in [3.8, 4) is 0 Å². The first-order valence-corrected chi connectivity index (χ1v) is 7.80. The van der Waals surface area contributed by atoms with Crippen molar-refractivity contribution in [3.05, 3.63) is 0 Å². The fourth-order valence-electron chi connectivity index (χ4n) is 3.22. The van der Waals surface area contributed by atoms with Crippen molar-refractivity contribution in [2.24, 2.45) is 23.5 Å². The summed E-state index contributed by atoms with van der Waals surface area (Å²) in [6.45, 7) is 2.33. The van der Waals surface area contributed by atoms with Crippen LogP contribution in [0.1, 0.15) is 45.4 Å². The fraction of sp³-hybridized carbons (Fsp3) is 1.00. The third-order valence-electron chi connectivity index (χ3n) is 4.52. The van der Waals surface area contributed by atoms with E-state index in [-0.39, 0.29) is 0 Å². The first-order chi connectivity index (χ1) is 7.31. The number of hydrogen-bond donors (Lipinski definition) is 1. The van der Waals surface area contributed by atoms with Crippen LogP contribution in [0.25, 0.3) is 0 Å². The molecule has 15 heavy (non-hydrogen) atoms. The molecule has 0 amide bonds. The lowest BCUT2D eigenvalue weighted by Gasteiger charge is -2.34. The summed E-state index contributed by atoms with van der Waals surface area (Å²) in [4.78, 5) is 0. The highest BCUT2D eigenvalue weighted by atomic mass is 32.2. The number of thioether (sulfide) groups is 1. The van der Waals surface area contributed by atoms with E-state index in [0.29, 0.717) is 6.04 Å². The molecule has 88 valence electrons. The van der Waals surface area contributed by atoms with Gasteiger partial charge in [-0.2, -0.15) is 11.8 Å². The Morgan fingerprint density at radius 3 is 2.40 bits per heavy atom. The van der Waals surface area contributed by atoms with Gasteiger partial charge in [-0.3, -0.25) is 0 Å². The maximum Gasteiger partial charge on any atom is 0.0104 e. The Bertz CT molecular complexity index is 181. The molecule has 2 heteroatoms. The molecule has 0 aromatic heterocycles. The Balaban J connectivity index is 1.78. The van der Waals surface area contributed by atoms with Crippen LogP contribution in [0.4, 0.5) is 0 Å². The number of rotatable bonds is 3. The van der Waals surface area contributed by atoms with Crippen LogP contribution in [0.5, 0.6) is 0 Å². The molecule has 2 atom stereocenters. The van der Waals surface area contributed by atoms with Crippen LogP contribution in [0, 0.1) is 17.8 Å². The molecule has 1 heterocycles. The SMILES string of the molecule is CCC1CCC(C(N)C2CCSC2)CC1. The van der Waals surface area contributed by atoms with Crippen LogP contribution in [-0.2, 0) is 0 Å². The van der Waals surface area contributed by atoms with Crippen molar-refractivity contribution in [2.45, 2.75) is 51.5 Å². The van der Waals surface area contributed by atoms with Gasteiger partial charge in [0.2, 0.25) is 0 Å². The molecule has 0 bridgehead atoms. The zero-order chi connectivity index (χ0) is 10.7. The fourth-order valence-corrected chi connectivity index (χ4v) is 4.55. The Morgan fingerprint density at radius 1 is 1.13 bits per heavy atom. The second-order valence-corrected chi connectivity index (χ2v) is 6.54. The van der Waals surface area contributed by atoms with Gasteiger partial charge in [0.05, 0.1) is 0 Å². The van der Waals surface area contributed by atoms with E-state index in [4.69, 9.17) is 5.73 Å². The molecule has 2 rings (SSSR count). The molecule has 1 aliphatic heterocycles. The number of nitrogens with two attached hydrogens (primary N) is 1. The largest absolute Gasteiger partial charge is 0.327 e. The van der Waals surface area contributed by atoms with Crippen molar-refractivity contribution < 1.29 is 0 Å². The Kier molecular flexibility index (Phi) is 4.39. The molecular weight excluding hydrogens is 202 g/mol. The Labute approximate surface area is 98.6 Å². The van der Waals surface area contributed by atoms with Crippen molar-refractivity contribution in [3.63, 3.8) is 0 Å². The first-order valence-electron chi connectivity index (χ1n) is 6.64. The molecule has 0 radical (unpaired) electrons. The standard InChI is InChI=1S/C13H25NS/c1-2-10-3-5-11(6-4-10)13(14)12-7-8-15-9-12/h10-13H,2-9,14H2,1H3. The molecule has 0 spiro atoms. The van der Waals surface area contributed by atoms with Gasteiger partial charge in [0.25, 0.3) is 0 Å². The molecular formula is C13H25NS. The van der Waals surface area contributed by atoms with Gasteiger partial charge in [-0.25, -0.2) is 0 Å². The van der Waals surface area contributed by atoms with E-state index in [2.05, 4.69) is 18.7 Å². The van der Waals surface area contributed by atoms with Gasteiger partial charge in [-0.1, -0.05) is 26.2 Å². The van der Waals surface area contributed by atoms with Crippen molar-refractivity contribution in [2.75, 3.05) is 11.5 Å². The molecule has 1 nitrogen and oxygen atoms in total. The summed E-state index contributed by atoms with van der Waals surface area (Å²) in [5, 5.41) is 0. The van der Waals surface area contributed by atoms with Crippen molar-refractivity contribution in [1.29, 1.82) is 0 Å². The highest BCUT2D eigenvalue weighted by molar-refractivity contribution is 7.99. The predicted molar refractivity (Wildman–Crippen MR) is 69.1 cm³/mol. The van der Waals surface area contributed by atoms with Gasteiger partial charge in [-0.15, -0.1) is 0 Å². The van der Waals surface area contributed by atoms with E-state index in [1.54, 1.807) is 0 Å². The van der Waals surface area contributed by atoms with E-state index in [1.807, 2.05) is 0 Å². The van der Waals surface area contributed by atoms with Crippen molar-refractivity contribution in [1.82, 2.24) is 0 Å². The molecule has 1 saturated carbocycles. The lowest BCUT2D eigenvalue weighted by atomic mass is 9.74. The summed E-state index contributed by atoms with van der Waals surface area (Å²) >= 11 is 2.10. The average molecular weight is 227 g/mol. The third kappa shape index (κ3) is 2.91. The first kappa shape index (κ1) is 11.8. The van der Waals surface area contributed by atoms with Gasteiger partial charge < -0.3 is 5.73 Å². The minimum atomic E-state index is 0.512. The molecule has 2 unspecified atom stereocenters. The molecule has 0 aromatic carbocycles. The highest BCUT2D eigenvalue weighted by Crippen LogP contribution is 2.36. The molecule has 1 aliphatic carbocycles. The second-order valence-electron chi connectivity index (χ2n) is 5.39. The zero-order valence-corrected chi connectivity index (χ0v) is 10.8. The Hall–Kier alpha value is 0.310. The summed E-state index contributed by atoms with van der Waals surface area (Å²) in [5.74, 6) is 5.36. The summed E-state index contributed by atoms with van der Waals surface area (Å²) in [7, 11) is 0. The van der Waals surface area contributed by atoms with Gasteiger partial charge in [0.15, 0.2) is 0 Å². The normalized spacial score (nSPS) is 39.2. The third-order valence-corrected chi connectivity index (χ3v) is 5.71. The summed E-state index contributed by atoms with van der Waals surface area (Å²) in [5.41, 5.74) is 6.43. The molecule has 2 aliphatic rings. The van der Waals surface area contributed by atoms with Crippen LogP contribution in [0.15, 0.2) is 0 Å². The lowest BCUT2D eigenvalue weighted by Crippen LogP contribution is -2.39. The van der Waals surface area contributed by atoms with Gasteiger partial charge in [0, 0.05) is 6.04 Å². The van der Waals surface area contributed by atoms with Crippen LogP contribution in [0.2, 0.25) is 0 Å². The average Bonchev–Trinajstić information content (AvgIpc) is 2.82. The maximum atomic E-state index is 6.43. The van der Waals surface area contributed by atoms with Crippen LogP contribution in [-0.4, -0.2) is 17.5 Å². The summed E-state index contributed by atoms with van der Waals surface area (Å²) in [6.07, 6.45) is 8.44. The number of hydrogen-bond acceptors (Lipinski definition) is 2. The zero-order valence-electron chi connectivity index (χ0n) is 9.95. The maximum absolute atomic E-state index is 6.43. The molecule has 0 aromatic rings. The smallest absolute Gasteiger partial charge is 0.0104 e. The summed E-state index contributed by atoms with van der Waals surface area (Å²) < 4.78 is 0. The second kappa shape index (κ2) is 5.58. The monoisotopic (exact) mass is 227 g/mol. The van der Waals surface area contributed by atoms with Crippen LogP contribution < -0.4 is 5.73 Å². The minimum Gasteiger partial charge on any atom is -0.327 e. The molecule has 2 N–H and O–H groups in total. The van der Waals surface area contributed by atoms with E-state index in [1.165, 1.54) is 50.0 Å². The van der Waals surface area contributed by atoms with E-state index < -0.39 is 0 Å². The van der Waals surface area contributed by atoms with Crippen molar-refractivity contribution >= 4 is 11.8 Å². The van der Waals surface area contributed by atoms with Gasteiger partial charge >= 0.3 is 0 Å². The van der Waals surface area contributed by atoms with Gasteiger partial charge in [0.1, 0.15) is 0 Å². The van der Waals surface area contributed by atoms with Gasteiger partial charge in [-0.05, 0) is 48.5 Å². The quantitative estimate of drug-likeness (QED) is 0.800. The highest BCUT2D eigenvalue weighted by Gasteiger charge is 2.31. The minimum absolute atomic E-state index is 0.512. The van der Waals surface area contributed by atoms with E-state index in [9.17, 15) is 0 Å². The van der Waals surface area contributed by atoms with E-state index >= 15 is 0 Å². The predicted octanol–water partition coefficient (Wildman–Crippen LogP) is 3.28. The lowest BCUT2D eigenvalue weighted by molar-refractivity contribution is 0.210. The van der Waals surface area contributed by atoms with E-state index in [0.717, 1.165) is 17.8 Å². The summed E-state index contributed by atoms with van der Waals surface area (Å²) in [6, 6.07) is 0.512. The molecule has 1 saturated heterocycles. The van der Waals surface area contributed by atoms with Crippen LogP contribution in [0.3, 0.4) is 0 Å². The Morgan fingerprint density at radius 2 is 1.87 bits per heavy atom.